The summed E-state index contributed by atoms with van der Waals surface area (Å²) in [5.41, 5.74) is -1.53. The lowest BCUT2D eigenvalue weighted by Gasteiger charge is -2.35. The first-order valence-electron chi connectivity index (χ1n) is 6.63. The molecular formula is C13H25N3O3. The summed E-state index contributed by atoms with van der Waals surface area (Å²) in [7, 11) is 0. The highest BCUT2D eigenvalue weighted by Crippen LogP contribution is 2.12. The molecule has 2 N–H and O–H groups in total. The molecule has 0 bridgehead atoms. The minimum atomic E-state index is -0.959. The normalized spacial score (nSPS) is 17.0. The zero-order valence-corrected chi connectivity index (χ0v) is 12.5. The largest absolute Gasteiger partial charge is 0.444 e. The average Bonchev–Trinajstić information content (AvgIpc) is 2.25. The number of hydrogen-bond acceptors (Lipinski definition) is 4. The summed E-state index contributed by atoms with van der Waals surface area (Å²) in [4.78, 5) is 25.9. The monoisotopic (exact) mass is 271 g/mol. The van der Waals surface area contributed by atoms with Gasteiger partial charge in [0.15, 0.2) is 0 Å². The topological polar surface area (TPSA) is 70.7 Å². The molecule has 0 radical (unpaired) electrons. The van der Waals surface area contributed by atoms with Crippen molar-refractivity contribution in [3.05, 3.63) is 0 Å². The Morgan fingerprint density at radius 1 is 1.11 bits per heavy atom. The zero-order valence-electron chi connectivity index (χ0n) is 12.5. The van der Waals surface area contributed by atoms with Crippen LogP contribution in [-0.2, 0) is 9.53 Å². The molecule has 0 unspecified atom stereocenters. The lowest BCUT2D eigenvalue weighted by Crippen LogP contribution is -2.59. The second kappa shape index (κ2) is 5.77. The van der Waals surface area contributed by atoms with Crippen molar-refractivity contribution in [2.45, 2.75) is 45.8 Å². The molecule has 0 saturated carbocycles. The Morgan fingerprint density at radius 3 is 2.11 bits per heavy atom. The fourth-order valence-electron chi connectivity index (χ4n) is 1.88. The number of alkyl carbamates (subject to hydrolysis) is 1. The second-order valence-corrected chi connectivity index (χ2v) is 6.29. The van der Waals surface area contributed by atoms with Gasteiger partial charge in [0.2, 0.25) is 5.91 Å². The molecule has 110 valence electrons. The van der Waals surface area contributed by atoms with Crippen LogP contribution in [0.4, 0.5) is 4.79 Å². The highest BCUT2D eigenvalue weighted by atomic mass is 16.6. The molecule has 1 heterocycles. The number of carbonyl (C=O) groups excluding carboxylic acids is 2. The maximum atomic E-state index is 12.3. The van der Waals surface area contributed by atoms with Gasteiger partial charge in [-0.2, -0.15) is 0 Å². The highest BCUT2D eigenvalue weighted by molar-refractivity contribution is 5.89. The van der Waals surface area contributed by atoms with Crippen LogP contribution < -0.4 is 10.6 Å². The van der Waals surface area contributed by atoms with E-state index in [-0.39, 0.29) is 5.91 Å². The first kappa shape index (κ1) is 15.8. The third-order valence-corrected chi connectivity index (χ3v) is 2.75. The summed E-state index contributed by atoms with van der Waals surface area (Å²) in [5, 5.41) is 5.82. The molecule has 0 spiro atoms. The van der Waals surface area contributed by atoms with Gasteiger partial charge in [0.1, 0.15) is 11.1 Å². The maximum absolute atomic E-state index is 12.3. The molecular weight excluding hydrogens is 246 g/mol. The molecule has 1 rings (SSSR count). The second-order valence-electron chi connectivity index (χ2n) is 6.29. The minimum absolute atomic E-state index is 0.0835. The average molecular weight is 271 g/mol. The van der Waals surface area contributed by atoms with Crippen molar-refractivity contribution in [3.63, 3.8) is 0 Å². The van der Waals surface area contributed by atoms with Gasteiger partial charge >= 0.3 is 6.09 Å². The van der Waals surface area contributed by atoms with E-state index in [2.05, 4.69) is 10.6 Å². The molecule has 0 aliphatic carbocycles. The molecule has 2 amide bonds. The van der Waals surface area contributed by atoms with Gasteiger partial charge in [-0.3, -0.25) is 4.79 Å². The maximum Gasteiger partial charge on any atom is 0.408 e. The van der Waals surface area contributed by atoms with Crippen LogP contribution in [-0.4, -0.2) is 54.2 Å². The van der Waals surface area contributed by atoms with E-state index in [9.17, 15) is 9.59 Å². The SMILES string of the molecule is CC(C)(C)OC(=O)NC(C)(C)C(=O)N1CCNCC1. The number of carbonyl (C=O) groups is 2. The van der Waals surface area contributed by atoms with E-state index < -0.39 is 17.2 Å². The van der Waals surface area contributed by atoms with Crippen molar-refractivity contribution >= 4 is 12.0 Å². The first-order chi connectivity index (χ1) is 8.62. The third kappa shape index (κ3) is 5.06. The number of nitrogens with one attached hydrogen (secondary N) is 2. The van der Waals surface area contributed by atoms with Crippen molar-refractivity contribution in [2.75, 3.05) is 26.2 Å². The zero-order chi connectivity index (χ0) is 14.7. The van der Waals surface area contributed by atoms with Crippen molar-refractivity contribution in [1.29, 1.82) is 0 Å². The molecule has 0 aromatic rings. The van der Waals surface area contributed by atoms with Crippen LogP contribution >= 0.6 is 0 Å². The van der Waals surface area contributed by atoms with Gasteiger partial charge in [0.25, 0.3) is 0 Å². The van der Waals surface area contributed by atoms with Crippen LogP contribution in [0.5, 0.6) is 0 Å². The van der Waals surface area contributed by atoms with Crippen molar-refractivity contribution < 1.29 is 14.3 Å². The number of piperazine rings is 1. The smallest absolute Gasteiger partial charge is 0.408 e. The van der Waals surface area contributed by atoms with Gasteiger partial charge in [-0.15, -0.1) is 0 Å². The lowest BCUT2D eigenvalue weighted by molar-refractivity contribution is -0.137. The number of hydrogen-bond donors (Lipinski definition) is 2. The van der Waals surface area contributed by atoms with E-state index in [0.29, 0.717) is 13.1 Å². The number of rotatable bonds is 2. The minimum Gasteiger partial charge on any atom is -0.444 e. The summed E-state index contributed by atoms with van der Waals surface area (Å²) in [5.74, 6) is -0.0835. The van der Waals surface area contributed by atoms with Crippen LogP contribution in [0.25, 0.3) is 0 Å². The lowest BCUT2D eigenvalue weighted by atomic mass is 10.0. The Bertz CT molecular complexity index is 342. The Hall–Kier alpha value is -1.30. The van der Waals surface area contributed by atoms with Crippen LogP contribution in [0, 0.1) is 0 Å². The Balaban J connectivity index is 2.58. The molecule has 6 nitrogen and oxygen atoms in total. The fraction of sp³-hybridized carbons (Fsp3) is 0.846. The van der Waals surface area contributed by atoms with Crippen LogP contribution in [0.2, 0.25) is 0 Å². The summed E-state index contributed by atoms with van der Waals surface area (Å²) in [6.45, 7) is 11.7. The van der Waals surface area contributed by atoms with Crippen LogP contribution in [0.15, 0.2) is 0 Å². The van der Waals surface area contributed by atoms with Gasteiger partial charge in [-0.05, 0) is 34.6 Å². The van der Waals surface area contributed by atoms with Crippen LogP contribution in [0.3, 0.4) is 0 Å². The van der Waals surface area contributed by atoms with E-state index in [4.69, 9.17) is 4.74 Å². The molecule has 1 aliphatic heterocycles. The number of amides is 2. The van der Waals surface area contributed by atoms with Gasteiger partial charge in [-0.25, -0.2) is 4.79 Å². The van der Waals surface area contributed by atoms with E-state index in [1.807, 2.05) is 0 Å². The van der Waals surface area contributed by atoms with Gasteiger partial charge in [0.05, 0.1) is 0 Å². The van der Waals surface area contributed by atoms with Gasteiger partial charge in [-0.1, -0.05) is 0 Å². The summed E-state index contributed by atoms with van der Waals surface area (Å²) >= 11 is 0. The van der Waals surface area contributed by atoms with Crippen molar-refractivity contribution in [1.82, 2.24) is 15.5 Å². The number of nitrogens with zero attached hydrogens (tertiary/aromatic N) is 1. The molecule has 0 atom stereocenters. The summed E-state index contributed by atoms with van der Waals surface area (Å²) in [6, 6.07) is 0. The molecule has 1 fully saturated rings. The third-order valence-electron chi connectivity index (χ3n) is 2.75. The predicted molar refractivity (Wildman–Crippen MR) is 72.9 cm³/mol. The highest BCUT2D eigenvalue weighted by Gasteiger charge is 2.35. The Labute approximate surface area is 114 Å². The van der Waals surface area contributed by atoms with E-state index in [0.717, 1.165) is 13.1 Å². The number of ether oxygens (including phenoxy) is 1. The Kier molecular flexibility index (Phi) is 4.79. The van der Waals surface area contributed by atoms with Gasteiger partial charge < -0.3 is 20.3 Å². The molecule has 6 heteroatoms. The standard InChI is InChI=1S/C13H25N3O3/c1-12(2,3)19-11(18)15-13(4,5)10(17)16-8-6-14-7-9-16/h14H,6-9H2,1-5H3,(H,15,18). The van der Waals surface area contributed by atoms with Gasteiger partial charge in [0, 0.05) is 26.2 Å². The quantitative estimate of drug-likeness (QED) is 0.776. The molecule has 1 saturated heterocycles. The predicted octanol–water partition coefficient (Wildman–Crippen LogP) is 0.722. The Morgan fingerprint density at radius 2 is 1.63 bits per heavy atom. The van der Waals surface area contributed by atoms with E-state index in [1.165, 1.54) is 0 Å². The molecule has 1 aliphatic rings. The van der Waals surface area contributed by atoms with E-state index >= 15 is 0 Å². The first-order valence-corrected chi connectivity index (χ1v) is 6.63. The van der Waals surface area contributed by atoms with Crippen molar-refractivity contribution in [2.24, 2.45) is 0 Å². The molecule has 19 heavy (non-hydrogen) atoms. The van der Waals surface area contributed by atoms with E-state index in [1.54, 1.807) is 39.5 Å². The summed E-state index contributed by atoms with van der Waals surface area (Å²) < 4.78 is 5.18. The molecule has 0 aromatic carbocycles. The van der Waals surface area contributed by atoms with Crippen LogP contribution in [0.1, 0.15) is 34.6 Å². The molecule has 0 aromatic heterocycles. The van der Waals surface area contributed by atoms with Crippen molar-refractivity contribution in [3.8, 4) is 0 Å². The summed E-state index contributed by atoms with van der Waals surface area (Å²) in [6.07, 6.45) is -0.569. The fourth-order valence-corrected chi connectivity index (χ4v) is 1.88.